The Kier molecular flexibility index (Phi) is 3.67. The van der Waals surface area contributed by atoms with Gasteiger partial charge in [0.1, 0.15) is 16.8 Å². The first-order valence-corrected chi connectivity index (χ1v) is 8.41. The summed E-state index contributed by atoms with van der Waals surface area (Å²) in [6.45, 7) is 9.46. The van der Waals surface area contributed by atoms with Gasteiger partial charge in [0.2, 0.25) is 0 Å². The minimum absolute atomic E-state index is 0.371. The zero-order valence-electron chi connectivity index (χ0n) is 13.5. The summed E-state index contributed by atoms with van der Waals surface area (Å²) in [5, 5.41) is 4.18. The van der Waals surface area contributed by atoms with Gasteiger partial charge in [0.05, 0.1) is 0 Å². The smallest absolute Gasteiger partial charge is 0.135 e. The van der Waals surface area contributed by atoms with Gasteiger partial charge < -0.3 is 5.32 Å². The second-order valence-corrected chi connectivity index (χ2v) is 8.85. The van der Waals surface area contributed by atoms with Crippen LogP contribution in [-0.4, -0.2) is 16.0 Å². The summed E-state index contributed by atoms with van der Waals surface area (Å²) in [5.41, 5.74) is 0.741. The lowest BCUT2D eigenvalue weighted by Crippen LogP contribution is -2.40. The molecular formula is C17H26ClN3. The summed E-state index contributed by atoms with van der Waals surface area (Å²) >= 11 is 6.16. The molecule has 21 heavy (non-hydrogen) atoms. The molecule has 0 saturated heterocycles. The molecule has 1 aromatic rings. The van der Waals surface area contributed by atoms with E-state index in [1.54, 1.807) is 0 Å². The molecule has 2 fully saturated rings. The number of rotatable bonds is 3. The average molecular weight is 308 g/mol. The van der Waals surface area contributed by atoms with Gasteiger partial charge in [-0.05, 0) is 42.9 Å². The van der Waals surface area contributed by atoms with E-state index in [0.29, 0.717) is 27.9 Å². The van der Waals surface area contributed by atoms with Crippen LogP contribution >= 0.6 is 11.6 Å². The monoisotopic (exact) mass is 307 g/mol. The van der Waals surface area contributed by atoms with Crippen LogP contribution in [0.5, 0.6) is 0 Å². The highest BCUT2D eigenvalue weighted by Crippen LogP contribution is 2.46. The molecule has 1 aromatic heterocycles. The van der Waals surface area contributed by atoms with Crippen LogP contribution in [-0.2, 0) is 0 Å². The second kappa shape index (κ2) is 5.12. The van der Waals surface area contributed by atoms with Crippen LogP contribution in [0, 0.1) is 10.8 Å². The minimum Gasteiger partial charge on any atom is -0.367 e. The average Bonchev–Trinajstić information content (AvgIpc) is 3.06. The molecule has 116 valence electrons. The second-order valence-electron chi connectivity index (χ2n) is 8.46. The molecule has 1 heterocycles. The Labute approximate surface area is 132 Å². The van der Waals surface area contributed by atoms with Gasteiger partial charge in [0, 0.05) is 18.0 Å². The van der Waals surface area contributed by atoms with E-state index in [0.717, 1.165) is 11.6 Å². The molecule has 0 aromatic carbocycles. The lowest BCUT2D eigenvalue weighted by molar-refractivity contribution is 0.105. The lowest BCUT2D eigenvalue weighted by Gasteiger charge is -2.45. The van der Waals surface area contributed by atoms with E-state index in [9.17, 15) is 0 Å². The highest BCUT2D eigenvalue weighted by atomic mass is 35.5. The van der Waals surface area contributed by atoms with Crippen molar-refractivity contribution in [3.63, 3.8) is 0 Å². The number of hydrogen-bond donors (Lipinski definition) is 1. The highest BCUT2D eigenvalue weighted by Gasteiger charge is 2.38. The van der Waals surface area contributed by atoms with Crippen LogP contribution in [0.25, 0.3) is 0 Å². The number of anilines is 1. The molecule has 2 saturated carbocycles. The van der Waals surface area contributed by atoms with Crippen LogP contribution < -0.4 is 5.32 Å². The van der Waals surface area contributed by atoms with E-state index in [4.69, 9.17) is 11.6 Å². The SMILES string of the molecule is CC1(C)CC(Nc2cc(Cl)nc(C3CC3)n2)CC(C)(C)C1. The number of nitrogens with one attached hydrogen (secondary N) is 1. The fourth-order valence-corrected chi connectivity index (χ4v) is 4.38. The van der Waals surface area contributed by atoms with E-state index >= 15 is 0 Å². The van der Waals surface area contributed by atoms with Crippen molar-refractivity contribution < 1.29 is 0 Å². The zero-order chi connectivity index (χ0) is 15.3. The molecule has 0 spiro atoms. The first-order chi connectivity index (χ1) is 9.72. The van der Waals surface area contributed by atoms with Gasteiger partial charge in [-0.2, -0.15) is 0 Å². The lowest BCUT2D eigenvalue weighted by atomic mass is 9.63. The molecular weight excluding hydrogens is 282 g/mol. The highest BCUT2D eigenvalue weighted by molar-refractivity contribution is 6.29. The van der Waals surface area contributed by atoms with Crippen molar-refractivity contribution >= 4 is 17.4 Å². The molecule has 0 amide bonds. The van der Waals surface area contributed by atoms with Crippen molar-refractivity contribution in [3.8, 4) is 0 Å². The van der Waals surface area contributed by atoms with Crippen molar-refractivity contribution in [2.75, 3.05) is 5.32 Å². The Hall–Kier alpha value is -0.830. The van der Waals surface area contributed by atoms with Gasteiger partial charge in [0.25, 0.3) is 0 Å². The Morgan fingerprint density at radius 2 is 1.71 bits per heavy atom. The molecule has 3 nitrogen and oxygen atoms in total. The molecule has 3 rings (SSSR count). The Bertz CT molecular complexity index is 519. The van der Waals surface area contributed by atoms with Crippen LogP contribution in [0.4, 0.5) is 5.82 Å². The molecule has 4 heteroatoms. The van der Waals surface area contributed by atoms with E-state index in [1.807, 2.05) is 6.07 Å². The Morgan fingerprint density at radius 3 is 2.29 bits per heavy atom. The first-order valence-electron chi connectivity index (χ1n) is 8.04. The van der Waals surface area contributed by atoms with Gasteiger partial charge in [-0.3, -0.25) is 0 Å². The third kappa shape index (κ3) is 3.88. The van der Waals surface area contributed by atoms with Gasteiger partial charge in [-0.1, -0.05) is 39.3 Å². The maximum absolute atomic E-state index is 6.16. The van der Waals surface area contributed by atoms with Gasteiger partial charge >= 0.3 is 0 Å². The fraction of sp³-hybridized carbons (Fsp3) is 0.765. The summed E-state index contributed by atoms with van der Waals surface area (Å²) in [5.74, 6) is 2.35. The van der Waals surface area contributed by atoms with Crippen LogP contribution in [0.15, 0.2) is 6.07 Å². The van der Waals surface area contributed by atoms with E-state index in [-0.39, 0.29) is 0 Å². The van der Waals surface area contributed by atoms with Gasteiger partial charge in [0.15, 0.2) is 0 Å². The molecule has 2 aliphatic carbocycles. The summed E-state index contributed by atoms with van der Waals surface area (Å²) in [7, 11) is 0. The molecule has 0 bridgehead atoms. The number of hydrogen-bond acceptors (Lipinski definition) is 3. The number of halogens is 1. The van der Waals surface area contributed by atoms with Gasteiger partial charge in [-0.15, -0.1) is 0 Å². The summed E-state index contributed by atoms with van der Waals surface area (Å²) < 4.78 is 0. The van der Waals surface area contributed by atoms with Crippen molar-refractivity contribution in [3.05, 3.63) is 17.0 Å². The molecule has 0 unspecified atom stereocenters. The predicted octanol–water partition coefficient (Wildman–Crippen LogP) is 5.02. The van der Waals surface area contributed by atoms with Crippen LogP contribution in [0.3, 0.4) is 0 Å². The Balaban J connectivity index is 1.76. The maximum atomic E-state index is 6.16. The van der Waals surface area contributed by atoms with Crippen molar-refractivity contribution in [1.82, 2.24) is 9.97 Å². The van der Waals surface area contributed by atoms with Gasteiger partial charge in [-0.25, -0.2) is 9.97 Å². The summed E-state index contributed by atoms with van der Waals surface area (Å²) in [6.07, 6.45) is 6.02. The molecule has 0 radical (unpaired) electrons. The van der Waals surface area contributed by atoms with Crippen LogP contribution in [0.2, 0.25) is 5.15 Å². The van der Waals surface area contributed by atoms with E-state index in [1.165, 1.54) is 32.1 Å². The van der Waals surface area contributed by atoms with E-state index in [2.05, 4.69) is 43.0 Å². The fourth-order valence-electron chi connectivity index (χ4n) is 4.19. The van der Waals surface area contributed by atoms with Crippen molar-refractivity contribution in [2.24, 2.45) is 10.8 Å². The minimum atomic E-state index is 0.371. The third-order valence-corrected chi connectivity index (χ3v) is 4.76. The molecule has 0 aliphatic heterocycles. The van der Waals surface area contributed by atoms with Crippen molar-refractivity contribution in [1.29, 1.82) is 0 Å². The summed E-state index contributed by atoms with van der Waals surface area (Å²) in [4.78, 5) is 9.04. The Morgan fingerprint density at radius 1 is 1.10 bits per heavy atom. The number of nitrogens with zero attached hydrogens (tertiary/aromatic N) is 2. The summed E-state index contributed by atoms with van der Waals surface area (Å²) in [6, 6.07) is 2.32. The van der Waals surface area contributed by atoms with Crippen LogP contribution in [0.1, 0.15) is 71.5 Å². The quantitative estimate of drug-likeness (QED) is 0.796. The van der Waals surface area contributed by atoms with E-state index < -0.39 is 0 Å². The normalized spacial score (nSPS) is 24.8. The maximum Gasteiger partial charge on any atom is 0.135 e. The first kappa shape index (κ1) is 15.1. The molecule has 0 atom stereocenters. The number of aromatic nitrogens is 2. The van der Waals surface area contributed by atoms with Crippen molar-refractivity contribution in [2.45, 2.75) is 71.8 Å². The largest absolute Gasteiger partial charge is 0.367 e. The third-order valence-electron chi connectivity index (χ3n) is 4.56. The standard InChI is InChI=1S/C17H26ClN3/c1-16(2)8-12(9-17(3,4)10-16)19-14-7-13(18)20-15(21-14)11-5-6-11/h7,11-12H,5-6,8-10H2,1-4H3,(H,19,20,21). The zero-order valence-corrected chi connectivity index (χ0v) is 14.3. The molecule has 2 aliphatic rings. The topological polar surface area (TPSA) is 37.8 Å². The molecule has 1 N–H and O–H groups in total. The predicted molar refractivity (Wildman–Crippen MR) is 87.8 cm³/mol.